The molecule has 1 aliphatic heterocycles. The van der Waals surface area contributed by atoms with E-state index in [4.69, 9.17) is 4.74 Å². The summed E-state index contributed by atoms with van der Waals surface area (Å²) in [5.74, 6) is 0.712. The van der Waals surface area contributed by atoms with E-state index in [-0.39, 0.29) is 12.5 Å². The number of anilines is 1. The van der Waals surface area contributed by atoms with Crippen LogP contribution in [-0.2, 0) is 4.79 Å². The fraction of sp³-hybridized carbons (Fsp3) is 0.368. The zero-order valence-corrected chi connectivity index (χ0v) is 16.8. The van der Waals surface area contributed by atoms with Crippen LogP contribution in [0.5, 0.6) is 5.88 Å². The molecule has 0 atom stereocenters. The van der Waals surface area contributed by atoms with E-state index in [0.717, 1.165) is 41.7 Å². The molecule has 1 aliphatic rings. The van der Waals surface area contributed by atoms with Gasteiger partial charge in [-0.3, -0.25) is 4.79 Å². The van der Waals surface area contributed by atoms with E-state index in [1.807, 2.05) is 31.2 Å². The molecule has 142 valence electrons. The number of aryl methyl sites for hydroxylation is 1. The van der Waals surface area contributed by atoms with Crippen molar-refractivity contribution < 1.29 is 9.53 Å². The number of hydrogen-bond acceptors (Lipinski definition) is 6. The summed E-state index contributed by atoms with van der Waals surface area (Å²) in [5.41, 5.74) is 4.14. The Labute approximate surface area is 167 Å². The van der Waals surface area contributed by atoms with E-state index in [2.05, 4.69) is 41.3 Å². The Hall–Kier alpha value is -2.48. The van der Waals surface area contributed by atoms with Gasteiger partial charge >= 0.3 is 0 Å². The fourth-order valence-corrected chi connectivity index (χ4v) is 3.19. The molecule has 1 saturated heterocycles. The second kappa shape index (κ2) is 9.45. The smallest absolute Gasteiger partial charge is 0.278 e. The van der Waals surface area contributed by atoms with E-state index in [0.29, 0.717) is 11.8 Å². The molecule has 1 aromatic carbocycles. The van der Waals surface area contributed by atoms with Gasteiger partial charge < -0.3 is 9.64 Å². The van der Waals surface area contributed by atoms with Gasteiger partial charge in [0.2, 0.25) is 11.8 Å². The highest BCUT2D eigenvalue weighted by Crippen LogP contribution is 2.19. The summed E-state index contributed by atoms with van der Waals surface area (Å²) in [4.78, 5) is 23.0. The highest BCUT2D eigenvalue weighted by molar-refractivity contribution is 9.10. The molecule has 2 aromatic rings. The molecule has 7 nitrogen and oxygen atoms in total. The molecule has 0 radical (unpaired) electrons. The first-order valence-corrected chi connectivity index (χ1v) is 9.70. The number of rotatable bonds is 6. The Bertz CT molecular complexity index is 821. The van der Waals surface area contributed by atoms with Gasteiger partial charge in [-0.15, -0.1) is 0 Å². The van der Waals surface area contributed by atoms with Crippen LogP contribution in [0.4, 0.5) is 5.95 Å². The average Bonchev–Trinajstić information content (AvgIpc) is 2.67. The molecule has 1 fully saturated rings. The van der Waals surface area contributed by atoms with Gasteiger partial charge in [0.25, 0.3) is 5.91 Å². The van der Waals surface area contributed by atoms with E-state index in [9.17, 15) is 4.79 Å². The van der Waals surface area contributed by atoms with E-state index in [1.165, 1.54) is 6.42 Å². The topological polar surface area (TPSA) is 79.7 Å². The van der Waals surface area contributed by atoms with Crippen LogP contribution >= 0.6 is 15.9 Å². The first-order chi connectivity index (χ1) is 13.1. The minimum atomic E-state index is -0.350. The zero-order valence-electron chi connectivity index (χ0n) is 15.2. The largest absolute Gasteiger partial charge is 0.467 e. The zero-order chi connectivity index (χ0) is 19.1. The molecular weight excluding hydrogens is 410 g/mol. The predicted octanol–water partition coefficient (Wildman–Crippen LogP) is 3.07. The number of benzene rings is 1. The summed E-state index contributed by atoms with van der Waals surface area (Å²) in [7, 11) is 0. The van der Waals surface area contributed by atoms with Gasteiger partial charge in [0.15, 0.2) is 6.61 Å². The third-order valence-electron chi connectivity index (χ3n) is 4.06. The van der Waals surface area contributed by atoms with Gasteiger partial charge in [-0.1, -0.05) is 28.1 Å². The predicted molar refractivity (Wildman–Crippen MR) is 108 cm³/mol. The lowest BCUT2D eigenvalue weighted by Gasteiger charge is -2.26. The number of halogens is 1. The van der Waals surface area contributed by atoms with Crippen molar-refractivity contribution >= 4 is 34.0 Å². The van der Waals surface area contributed by atoms with Crippen LogP contribution in [0.2, 0.25) is 0 Å². The Morgan fingerprint density at radius 2 is 2.11 bits per heavy atom. The molecule has 0 saturated carbocycles. The first kappa shape index (κ1) is 19.3. The van der Waals surface area contributed by atoms with Crippen molar-refractivity contribution in [2.24, 2.45) is 5.10 Å². The van der Waals surface area contributed by atoms with E-state index in [1.54, 1.807) is 12.3 Å². The van der Waals surface area contributed by atoms with Crippen LogP contribution in [0.3, 0.4) is 0 Å². The summed E-state index contributed by atoms with van der Waals surface area (Å²) in [5, 5.41) is 3.94. The SMILES string of the molecule is Cc1cc(OCC(=O)NN=Cc2cccc(Br)c2)nc(N2CCCCC2)n1. The van der Waals surface area contributed by atoms with Crippen molar-refractivity contribution in [2.45, 2.75) is 26.2 Å². The van der Waals surface area contributed by atoms with Crippen LogP contribution in [-0.4, -0.2) is 41.8 Å². The maximum absolute atomic E-state index is 11.9. The molecule has 1 N–H and O–H groups in total. The minimum absolute atomic E-state index is 0.161. The maximum atomic E-state index is 11.9. The number of carbonyl (C=O) groups is 1. The van der Waals surface area contributed by atoms with E-state index >= 15 is 0 Å². The minimum Gasteiger partial charge on any atom is -0.467 e. The Balaban J connectivity index is 1.53. The fourth-order valence-electron chi connectivity index (χ4n) is 2.77. The number of piperidine rings is 1. The standard InChI is InChI=1S/C19H22BrN5O2/c1-14-10-18(23-19(22-14)25-8-3-2-4-9-25)27-13-17(26)24-21-12-15-6-5-7-16(20)11-15/h5-7,10-12H,2-4,8-9,13H2,1H3,(H,24,26). The summed E-state index contributed by atoms with van der Waals surface area (Å²) in [6, 6.07) is 9.34. The summed E-state index contributed by atoms with van der Waals surface area (Å²) in [6.07, 6.45) is 5.11. The Kier molecular flexibility index (Phi) is 6.75. The normalized spacial score (nSPS) is 14.4. The highest BCUT2D eigenvalue weighted by Gasteiger charge is 2.15. The van der Waals surface area contributed by atoms with Crippen molar-refractivity contribution in [1.82, 2.24) is 15.4 Å². The van der Waals surface area contributed by atoms with Gasteiger partial charge in [-0.2, -0.15) is 10.1 Å². The monoisotopic (exact) mass is 431 g/mol. The van der Waals surface area contributed by atoms with Gasteiger partial charge in [0.05, 0.1) is 6.21 Å². The van der Waals surface area contributed by atoms with Crippen LogP contribution in [0.15, 0.2) is 39.9 Å². The van der Waals surface area contributed by atoms with Gasteiger partial charge in [-0.25, -0.2) is 10.4 Å². The lowest BCUT2D eigenvalue weighted by Crippen LogP contribution is -2.31. The molecule has 0 aliphatic carbocycles. The van der Waals surface area contributed by atoms with Crippen molar-refractivity contribution in [2.75, 3.05) is 24.6 Å². The number of ether oxygens (including phenoxy) is 1. The van der Waals surface area contributed by atoms with Crippen molar-refractivity contribution in [3.8, 4) is 5.88 Å². The van der Waals surface area contributed by atoms with Crippen molar-refractivity contribution in [3.63, 3.8) is 0 Å². The number of carbonyl (C=O) groups excluding carboxylic acids is 1. The summed E-state index contributed by atoms with van der Waals surface area (Å²) in [6.45, 7) is 3.64. The molecule has 2 heterocycles. The molecule has 0 bridgehead atoms. The molecule has 0 unspecified atom stereocenters. The van der Waals surface area contributed by atoms with E-state index < -0.39 is 0 Å². The van der Waals surface area contributed by atoms with Gasteiger partial charge in [0.1, 0.15) is 0 Å². The van der Waals surface area contributed by atoms with Crippen LogP contribution in [0, 0.1) is 6.92 Å². The van der Waals surface area contributed by atoms with Gasteiger partial charge in [0, 0.05) is 29.3 Å². The number of hydrogen-bond donors (Lipinski definition) is 1. The number of nitrogens with zero attached hydrogens (tertiary/aromatic N) is 4. The quantitative estimate of drug-likeness (QED) is 0.561. The lowest BCUT2D eigenvalue weighted by molar-refractivity contribution is -0.123. The average molecular weight is 432 g/mol. The number of aromatic nitrogens is 2. The molecule has 1 aromatic heterocycles. The maximum Gasteiger partial charge on any atom is 0.278 e. The third-order valence-corrected chi connectivity index (χ3v) is 4.55. The Morgan fingerprint density at radius 1 is 1.30 bits per heavy atom. The van der Waals surface area contributed by atoms with Crippen LogP contribution in [0.1, 0.15) is 30.5 Å². The van der Waals surface area contributed by atoms with Gasteiger partial charge in [-0.05, 0) is 43.9 Å². The molecule has 0 spiro atoms. The first-order valence-electron chi connectivity index (χ1n) is 8.91. The molecule has 3 rings (SSSR count). The third kappa shape index (κ3) is 6.02. The molecule has 8 heteroatoms. The summed E-state index contributed by atoms with van der Waals surface area (Å²) < 4.78 is 6.48. The van der Waals surface area contributed by atoms with Crippen LogP contribution < -0.4 is 15.1 Å². The molecule has 1 amide bonds. The number of hydrazone groups is 1. The number of nitrogens with one attached hydrogen (secondary N) is 1. The van der Waals surface area contributed by atoms with Crippen molar-refractivity contribution in [1.29, 1.82) is 0 Å². The second-order valence-corrected chi connectivity index (χ2v) is 7.25. The second-order valence-electron chi connectivity index (χ2n) is 6.33. The summed E-state index contributed by atoms with van der Waals surface area (Å²) >= 11 is 3.39. The van der Waals surface area contributed by atoms with Crippen molar-refractivity contribution in [3.05, 3.63) is 46.1 Å². The highest BCUT2D eigenvalue weighted by atomic mass is 79.9. The number of amides is 1. The molecule has 27 heavy (non-hydrogen) atoms. The lowest BCUT2D eigenvalue weighted by atomic mass is 10.1. The Morgan fingerprint density at radius 3 is 2.89 bits per heavy atom. The molecular formula is C19H22BrN5O2. The van der Waals surface area contributed by atoms with Crippen LogP contribution in [0.25, 0.3) is 0 Å².